The molecule has 9 heteroatoms. The molecule has 9 nitrogen and oxygen atoms in total. The van der Waals surface area contributed by atoms with Crippen LogP contribution < -0.4 is 19.8 Å². The second-order valence-corrected chi connectivity index (χ2v) is 9.03. The van der Waals surface area contributed by atoms with E-state index in [-0.39, 0.29) is 24.3 Å². The third-order valence-corrected chi connectivity index (χ3v) is 6.62. The summed E-state index contributed by atoms with van der Waals surface area (Å²) < 4.78 is 16.4. The summed E-state index contributed by atoms with van der Waals surface area (Å²) >= 11 is 0. The Morgan fingerprint density at radius 1 is 1.06 bits per heavy atom. The molecule has 36 heavy (non-hydrogen) atoms. The first-order valence-corrected chi connectivity index (χ1v) is 12.2. The van der Waals surface area contributed by atoms with Crippen molar-refractivity contribution >= 4 is 23.2 Å². The second-order valence-electron chi connectivity index (χ2n) is 9.03. The van der Waals surface area contributed by atoms with Crippen molar-refractivity contribution in [2.75, 3.05) is 52.1 Å². The molecule has 0 bridgehead atoms. The van der Waals surface area contributed by atoms with Gasteiger partial charge in [-0.1, -0.05) is 18.2 Å². The third kappa shape index (κ3) is 5.68. The zero-order chi connectivity index (χ0) is 25.7. The minimum atomic E-state index is -0.267. The number of amides is 2. The topological polar surface area (TPSA) is 92.7 Å². The van der Waals surface area contributed by atoms with Gasteiger partial charge in [-0.25, -0.2) is 5.01 Å². The van der Waals surface area contributed by atoms with Crippen LogP contribution in [0.2, 0.25) is 0 Å². The fourth-order valence-corrected chi connectivity index (χ4v) is 4.55. The number of carbonyl (C=O) groups excluding carboxylic acids is 2. The number of hydrazone groups is 1. The molecule has 192 valence electrons. The summed E-state index contributed by atoms with van der Waals surface area (Å²) in [7, 11) is 3.21. The number of carbonyl (C=O) groups is 2. The molecule has 0 spiro atoms. The summed E-state index contributed by atoms with van der Waals surface area (Å²) in [5, 5.41) is 8.90. The van der Waals surface area contributed by atoms with Crippen LogP contribution in [-0.2, 0) is 14.3 Å². The van der Waals surface area contributed by atoms with E-state index in [1.165, 1.54) is 5.01 Å². The highest BCUT2D eigenvalue weighted by Crippen LogP contribution is 2.32. The molecule has 1 fully saturated rings. The molecule has 0 radical (unpaired) electrons. The van der Waals surface area contributed by atoms with Gasteiger partial charge in [0.2, 0.25) is 5.91 Å². The van der Waals surface area contributed by atoms with E-state index in [9.17, 15) is 9.59 Å². The van der Waals surface area contributed by atoms with Crippen LogP contribution in [0.25, 0.3) is 0 Å². The summed E-state index contributed by atoms with van der Waals surface area (Å²) in [5.74, 6) is 0.908. The van der Waals surface area contributed by atoms with E-state index in [1.54, 1.807) is 14.2 Å². The number of methoxy groups -OCH3 is 2. The summed E-state index contributed by atoms with van der Waals surface area (Å²) in [6.07, 6.45) is 0.548. The van der Waals surface area contributed by atoms with Gasteiger partial charge in [-0.15, -0.1) is 0 Å². The number of nitrogens with zero attached hydrogens (tertiary/aromatic N) is 3. The van der Waals surface area contributed by atoms with Crippen LogP contribution in [0.15, 0.2) is 41.5 Å². The molecule has 1 N–H and O–H groups in total. The van der Waals surface area contributed by atoms with Crippen molar-refractivity contribution in [2.45, 2.75) is 32.7 Å². The molecule has 2 heterocycles. The molecule has 2 aromatic carbocycles. The molecule has 2 aliphatic heterocycles. The van der Waals surface area contributed by atoms with Crippen LogP contribution >= 0.6 is 0 Å². The van der Waals surface area contributed by atoms with Gasteiger partial charge < -0.3 is 19.5 Å². The largest absolute Gasteiger partial charge is 0.493 e. The molecular weight excluding hydrogens is 460 g/mol. The minimum Gasteiger partial charge on any atom is -0.493 e. The van der Waals surface area contributed by atoms with Gasteiger partial charge in [0, 0.05) is 32.5 Å². The number of hydrogen-bond acceptors (Lipinski definition) is 7. The van der Waals surface area contributed by atoms with E-state index < -0.39 is 0 Å². The van der Waals surface area contributed by atoms with Gasteiger partial charge in [-0.3, -0.25) is 14.5 Å². The molecule has 0 saturated carbocycles. The van der Waals surface area contributed by atoms with Crippen molar-refractivity contribution in [3.63, 3.8) is 0 Å². The van der Waals surface area contributed by atoms with Crippen molar-refractivity contribution in [3.05, 3.63) is 53.1 Å². The van der Waals surface area contributed by atoms with E-state index in [4.69, 9.17) is 14.2 Å². The summed E-state index contributed by atoms with van der Waals surface area (Å²) in [4.78, 5) is 28.1. The molecule has 0 aliphatic carbocycles. The van der Waals surface area contributed by atoms with Crippen LogP contribution in [-0.4, -0.2) is 69.5 Å². The lowest BCUT2D eigenvalue weighted by atomic mass is 10.0. The van der Waals surface area contributed by atoms with Gasteiger partial charge in [-0.05, 0) is 48.7 Å². The molecular formula is C27H34N4O5. The zero-order valence-corrected chi connectivity index (χ0v) is 21.4. The Balaban J connectivity index is 1.54. The Hall–Kier alpha value is -3.43. The van der Waals surface area contributed by atoms with E-state index in [0.717, 1.165) is 29.8 Å². The molecule has 4 rings (SSSR count). The highest BCUT2D eigenvalue weighted by Gasteiger charge is 2.29. The highest BCUT2D eigenvalue weighted by molar-refractivity contribution is 6.40. The molecule has 0 aromatic heterocycles. The maximum absolute atomic E-state index is 13.2. The number of hydrogen-bond donors (Lipinski definition) is 1. The fraction of sp³-hybridized carbons (Fsp3) is 0.444. The standard InChI is InChI=1S/C27H34N4O5/c1-18-5-6-19(2)22(15-18)31-26(32)10-8-21(29-31)27(33)28-17-23(30-11-13-36-14-12-30)20-7-9-24(34-3)25(16-20)35-4/h5-7,9,15-16,23H,8,10-14,17H2,1-4H3,(H,28,33). The van der Waals surface area contributed by atoms with Crippen LogP contribution in [0.3, 0.4) is 0 Å². The van der Waals surface area contributed by atoms with E-state index in [1.807, 2.05) is 50.2 Å². The quantitative estimate of drug-likeness (QED) is 0.607. The summed E-state index contributed by atoms with van der Waals surface area (Å²) in [6.45, 7) is 7.06. The first kappa shape index (κ1) is 25.7. The zero-order valence-electron chi connectivity index (χ0n) is 21.4. The Kier molecular flexibility index (Phi) is 8.22. The molecule has 2 aromatic rings. The van der Waals surface area contributed by atoms with Crippen molar-refractivity contribution in [2.24, 2.45) is 5.10 Å². The van der Waals surface area contributed by atoms with E-state index in [2.05, 4.69) is 15.3 Å². The lowest BCUT2D eigenvalue weighted by Gasteiger charge is -2.35. The number of nitrogens with one attached hydrogen (secondary N) is 1. The Morgan fingerprint density at radius 2 is 1.81 bits per heavy atom. The number of ether oxygens (including phenoxy) is 3. The first-order valence-electron chi connectivity index (χ1n) is 12.2. The van der Waals surface area contributed by atoms with Crippen LogP contribution in [0.4, 0.5) is 5.69 Å². The normalized spacial score (nSPS) is 17.4. The number of morpholine rings is 1. The Morgan fingerprint density at radius 3 is 2.53 bits per heavy atom. The lowest BCUT2D eigenvalue weighted by Crippen LogP contribution is -2.46. The average Bonchev–Trinajstić information content (AvgIpc) is 2.91. The lowest BCUT2D eigenvalue weighted by molar-refractivity contribution is -0.119. The van der Waals surface area contributed by atoms with Crippen molar-refractivity contribution in [1.82, 2.24) is 10.2 Å². The molecule has 1 saturated heterocycles. The highest BCUT2D eigenvalue weighted by atomic mass is 16.5. The fourth-order valence-electron chi connectivity index (χ4n) is 4.55. The average molecular weight is 495 g/mol. The van der Waals surface area contributed by atoms with Gasteiger partial charge in [0.25, 0.3) is 5.91 Å². The summed E-state index contributed by atoms with van der Waals surface area (Å²) in [6, 6.07) is 11.6. The monoisotopic (exact) mass is 494 g/mol. The maximum Gasteiger partial charge on any atom is 0.267 e. The van der Waals surface area contributed by atoms with Gasteiger partial charge >= 0.3 is 0 Å². The van der Waals surface area contributed by atoms with Crippen LogP contribution in [0, 0.1) is 13.8 Å². The predicted molar refractivity (Wildman–Crippen MR) is 138 cm³/mol. The Bertz CT molecular complexity index is 1140. The summed E-state index contributed by atoms with van der Waals surface area (Å²) in [5.41, 5.74) is 4.02. The van der Waals surface area contributed by atoms with Crippen LogP contribution in [0.1, 0.15) is 35.6 Å². The third-order valence-electron chi connectivity index (χ3n) is 6.62. The SMILES string of the molecule is COc1ccc(C(CNC(=O)C2=NN(c3cc(C)ccc3C)C(=O)CC2)N2CCOCC2)cc1OC. The van der Waals surface area contributed by atoms with Crippen molar-refractivity contribution < 1.29 is 23.8 Å². The molecule has 1 unspecified atom stereocenters. The number of rotatable bonds is 8. The second kappa shape index (κ2) is 11.5. The van der Waals surface area contributed by atoms with Gasteiger partial charge in [-0.2, -0.15) is 5.10 Å². The van der Waals surface area contributed by atoms with Crippen LogP contribution in [0.5, 0.6) is 11.5 Å². The first-order chi connectivity index (χ1) is 17.4. The number of anilines is 1. The maximum atomic E-state index is 13.2. The molecule has 2 amide bonds. The molecule has 2 aliphatic rings. The van der Waals surface area contributed by atoms with E-state index >= 15 is 0 Å². The van der Waals surface area contributed by atoms with Crippen molar-refractivity contribution in [3.8, 4) is 11.5 Å². The number of benzene rings is 2. The van der Waals surface area contributed by atoms with E-state index in [0.29, 0.717) is 49.1 Å². The minimum absolute atomic E-state index is 0.0846. The predicted octanol–water partition coefficient (Wildman–Crippen LogP) is 2.99. The van der Waals surface area contributed by atoms with Crippen molar-refractivity contribution in [1.29, 1.82) is 0 Å². The molecule has 1 atom stereocenters. The van der Waals surface area contributed by atoms with Gasteiger partial charge in [0.05, 0.1) is 39.2 Å². The van der Waals surface area contributed by atoms with Gasteiger partial charge in [0.1, 0.15) is 5.71 Å². The Labute approximate surface area is 212 Å². The smallest absolute Gasteiger partial charge is 0.267 e. The number of aryl methyl sites for hydroxylation is 2. The van der Waals surface area contributed by atoms with Gasteiger partial charge in [0.15, 0.2) is 11.5 Å².